The molecule has 0 amide bonds. The summed E-state index contributed by atoms with van der Waals surface area (Å²) < 4.78 is 0. The summed E-state index contributed by atoms with van der Waals surface area (Å²) in [4.78, 5) is 0. The van der Waals surface area contributed by atoms with E-state index in [9.17, 15) is 5.21 Å². The molecule has 0 aliphatic heterocycles. The Morgan fingerprint density at radius 1 is 0.903 bits per heavy atom. The van der Waals surface area contributed by atoms with Gasteiger partial charge in [0.2, 0.25) is 0 Å². The molecular weight excluding hydrogens is 378 g/mol. The van der Waals surface area contributed by atoms with Crippen molar-refractivity contribution in [2.45, 2.75) is 39.5 Å². The van der Waals surface area contributed by atoms with Crippen molar-refractivity contribution < 1.29 is 5.21 Å². The maximum Gasteiger partial charge on any atom is 0.109 e. The highest BCUT2D eigenvalue weighted by molar-refractivity contribution is 6.10. The topological polar surface area (TPSA) is 32.6 Å². The number of nitrogens with zero attached hydrogens (tertiary/aromatic N) is 1. The molecule has 2 heteroatoms. The van der Waals surface area contributed by atoms with Crippen molar-refractivity contribution in [1.82, 2.24) is 0 Å². The lowest BCUT2D eigenvalue weighted by Crippen LogP contribution is -2.22. The monoisotopic (exact) mass is 407 g/mol. The average molecular weight is 408 g/mol. The van der Waals surface area contributed by atoms with Crippen LogP contribution < -0.4 is 0 Å². The smallest absolute Gasteiger partial charge is 0.109 e. The molecule has 0 saturated carbocycles. The van der Waals surface area contributed by atoms with E-state index >= 15 is 0 Å². The number of allylic oxidation sites excluding steroid dienone is 2. The minimum absolute atomic E-state index is 0.0147. The zero-order valence-electron chi connectivity index (χ0n) is 18.7. The summed E-state index contributed by atoms with van der Waals surface area (Å²) in [6.07, 6.45) is 7.18. The zero-order chi connectivity index (χ0) is 22.0. The van der Waals surface area contributed by atoms with Crippen molar-refractivity contribution >= 4 is 17.4 Å². The molecule has 0 fully saturated rings. The molecule has 0 unspecified atom stereocenters. The summed E-state index contributed by atoms with van der Waals surface area (Å²) >= 11 is 0. The van der Waals surface area contributed by atoms with Gasteiger partial charge < -0.3 is 5.21 Å². The number of fused-ring (bicyclic) bond motifs is 1. The normalized spacial score (nSPS) is 15.6. The van der Waals surface area contributed by atoms with Gasteiger partial charge in [-0.15, -0.1) is 0 Å². The maximum atomic E-state index is 9.72. The molecule has 0 spiro atoms. The Hall–Kier alpha value is -3.39. The van der Waals surface area contributed by atoms with E-state index in [0.717, 1.165) is 17.5 Å². The molecule has 0 atom stereocenters. The molecule has 3 aromatic rings. The van der Waals surface area contributed by atoms with Crippen LogP contribution in [0.3, 0.4) is 0 Å². The van der Waals surface area contributed by atoms with Gasteiger partial charge >= 0.3 is 0 Å². The Kier molecular flexibility index (Phi) is 5.65. The highest BCUT2D eigenvalue weighted by Gasteiger charge is 2.29. The summed E-state index contributed by atoms with van der Waals surface area (Å²) in [6.45, 7) is 8.73. The number of hydrogen-bond donors (Lipinski definition) is 1. The van der Waals surface area contributed by atoms with Crippen molar-refractivity contribution in [2.75, 3.05) is 0 Å². The molecule has 4 rings (SSSR count). The van der Waals surface area contributed by atoms with E-state index in [0.29, 0.717) is 5.71 Å². The van der Waals surface area contributed by atoms with Gasteiger partial charge in [-0.3, -0.25) is 0 Å². The fourth-order valence-electron chi connectivity index (χ4n) is 4.12. The van der Waals surface area contributed by atoms with E-state index in [1.165, 1.54) is 33.4 Å². The van der Waals surface area contributed by atoms with Gasteiger partial charge in [-0.25, -0.2) is 0 Å². The molecule has 31 heavy (non-hydrogen) atoms. The van der Waals surface area contributed by atoms with Gasteiger partial charge in [0.15, 0.2) is 0 Å². The van der Waals surface area contributed by atoms with Crippen molar-refractivity contribution in [3.8, 4) is 0 Å². The van der Waals surface area contributed by atoms with E-state index < -0.39 is 0 Å². The van der Waals surface area contributed by atoms with Crippen LogP contribution in [0.2, 0.25) is 0 Å². The lowest BCUT2D eigenvalue weighted by Gasteiger charge is -2.33. The molecule has 1 N–H and O–H groups in total. The van der Waals surface area contributed by atoms with Crippen LogP contribution in [-0.2, 0) is 5.41 Å². The van der Waals surface area contributed by atoms with Gasteiger partial charge in [-0.1, -0.05) is 103 Å². The fraction of sp³-hybridized carbons (Fsp3) is 0.207. The van der Waals surface area contributed by atoms with Crippen molar-refractivity contribution in [3.63, 3.8) is 0 Å². The molecule has 156 valence electrons. The second kappa shape index (κ2) is 8.39. The van der Waals surface area contributed by atoms with Gasteiger partial charge in [0, 0.05) is 5.56 Å². The second-order valence-electron chi connectivity index (χ2n) is 9.06. The summed E-state index contributed by atoms with van der Waals surface area (Å²) in [5, 5.41) is 13.3. The third kappa shape index (κ3) is 4.39. The fourth-order valence-corrected chi connectivity index (χ4v) is 4.12. The molecule has 1 aliphatic rings. The Morgan fingerprint density at radius 3 is 2.19 bits per heavy atom. The van der Waals surface area contributed by atoms with Crippen LogP contribution in [0.15, 0.2) is 84.0 Å². The van der Waals surface area contributed by atoms with Crippen LogP contribution in [0.5, 0.6) is 0 Å². The second-order valence-corrected chi connectivity index (χ2v) is 9.06. The molecule has 0 bridgehead atoms. The quantitative estimate of drug-likeness (QED) is 0.274. The first kappa shape index (κ1) is 20.9. The van der Waals surface area contributed by atoms with Gasteiger partial charge in [0.1, 0.15) is 5.71 Å². The predicted octanol–water partition coefficient (Wildman–Crippen LogP) is 7.31. The minimum atomic E-state index is 0.0147. The molecule has 2 nitrogen and oxygen atoms in total. The van der Waals surface area contributed by atoms with Gasteiger partial charge in [-0.05, 0) is 65.7 Å². The average Bonchev–Trinajstić information content (AvgIpc) is 2.76. The van der Waals surface area contributed by atoms with Crippen LogP contribution in [0, 0.1) is 13.8 Å². The highest BCUT2D eigenvalue weighted by atomic mass is 16.4. The largest absolute Gasteiger partial charge is 0.410 e. The van der Waals surface area contributed by atoms with Crippen LogP contribution in [-0.4, -0.2) is 10.9 Å². The van der Waals surface area contributed by atoms with Gasteiger partial charge in [0.05, 0.1) is 0 Å². The summed E-state index contributed by atoms with van der Waals surface area (Å²) in [6, 6.07) is 23.4. The maximum absolute atomic E-state index is 9.72. The molecule has 0 radical (unpaired) electrons. The zero-order valence-corrected chi connectivity index (χ0v) is 18.7. The van der Waals surface area contributed by atoms with Crippen LogP contribution in [0.4, 0.5) is 0 Å². The molecule has 0 saturated heterocycles. The van der Waals surface area contributed by atoms with Gasteiger partial charge in [-0.2, -0.15) is 0 Å². The van der Waals surface area contributed by atoms with Crippen LogP contribution >= 0.6 is 0 Å². The molecule has 0 aromatic heterocycles. The molecule has 3 aromatic carbocycles. The Morgan fingerprint density at radius 2 is 1.55 bits per heavy atom. The number of oxime groups is 1. The first-order chi connectivity index (χ1) is 14.9. The summed E-state index contributed by atoms with van der Waals surface area (Å²) in [5.74, 6) is 0. The Labute approximate surface area is 185 Å². The van der Waals surface area contributed by atoms with Crippen LogP contribution in [0.1, 0.15) is 59.2 Å². The molecule has 1 aliphatic carbocycles. The van der Waals surface area contributed by atoms with Crippen molar-refractivity contribution in [3.05, 3.63) is 118 Å². The summed E-state index contributed by atoms with van der Waals surface area (Å²) in [5.41, 5.74) is 10.1. The number of rotatable bonds is 4. The minimum Gasteiger partial charge on any atom is -0.410 e. The molecular formula is C29H29NO. The Balaban J connectivity index is 1.71. The molecule has 0 heterocycles. The Bertz CT molecular complexity index is 1180. The number of hydrogen-bond acceptors (Lipinski definition) is 2. The highest BCUT2D eigenvalue weighted by Crippen LogP contribution is 2.41. The first-order valence-electron chi connectivity index (χ1n) is 10.8. The van der Waals surface area contributed by atoms with E-state index in [2.05, 4.69) is 106 Å². The van der Waals surface area contributed by atoms with Crippen LogP contribution in [0.25, 0.3) is 11.6 Å². The standard InChI is InChI=1S/C29H29NO/c1-20-5-9-22(10-6-20)11-16-28(30-31)24-14-15-26-25(23-12-7-21(2)8-13-23)17-18-29(3,4)27(26)19-24/h5-17,19,31H,18H2,1-4H3/b16-11+,30-28+. The van der Waals surface area contributed by atoms with Gasteiger partial charge in [0.25, 0.3) is 0 Å². The lowest BCUT2D eigenvalue weighted by molar-refractivity contribution is 0.320. The third-order valence-electron chi connectivity index (χ3n) is 6.13. The predicted molar refractivity (Wildman–Crippen MR) is 131 cm³/mol. The SMILES string of the molecule is Cc1ccc(/C=C/C(=N\O)c2ccc3c(c2)C(C)(C)CC=C3c2ccc(C)cc2)cc1. The van der Waals surface area contributed by atoms with Crippen molar-refractivity contribution in [2.24, 2.45) is 5.16 Å². The summed E-state index contributed by atoms with van der Waals surface area (Å²) in [7, 11) is 0. The van der Waals surface area contributed by atoms with E-state index in [1.807, 2.05) is 12.2 Å². The number of aryl methyl sites for hydroxylation is 2. The number of benzene rings is 3. The third-order valence-corrected chi connectivity index (χ3v) is 6.13. The van der Waals surface area contributed by atoms with E-state index in [1.54, 1.807) is 0 Å². The lowest BCUT2D eigenvalue weighted by atomic mass is 9.71. The van der Waals surface area contributed by atoms with Crippen molar-refractivity contribution in [1.29, 1.82) is 0 Å². The van der Waals surface area contributed by atoms with E-state index in [4.69, 9.17) is 0 Å². The first-order valence-corrected chi connectivity index (χ1v) is 10.8. The van der Waals surface area contributed by atoms with E-state index in [-0.39, 0.29) is 5.41 Å².